The van der Waals surface area contributed by atoms with E-state index in [1.165, 1.54) is 0 Å². The third kappa shape index (κ3) is 4.85. The SMILES string of the molecule is O=C(OCC1CCC2(CC1)CO2)C1CCC(C(=O)OCC2CCC3(CC2)CO3)CC1. The topological polar surface area (TPSA) is 77.7 Å². The largest absolute Gasteiger partial charge is 0.465 e. The van der Waals surface area contributed by atoms with E-state index >= 15 is 0 Å². The van der Waals surface area contributed by atoms with Crippen LogP contribution in [0.5, 0.6) is 0 Å². The monoisotopic (exact) mass is 420 g/mol. The van der Waals surface area contributed by atoms with Gasteiger partial charge in [0, 0.05) is 0 Å². The van der Waals surface area contributed by atoms with E-state index in [-0.39, 0.29) is 35.0 Å². The van der Waals surface area contributed by atoms with Crippen LogP contribution in [0, 0.1) is 23.7 Å². The molecule has 5 rings (SSSR count). The van der Waals surface area contributed by atoms with E-state index in [1.54, 1.807) is 0 Å². The van der Waals surface area contributed by atoms with Crippen LogP contribution in [-0.2, 0) is 28.5 Å². The van der Waals surface area contributed by atoms with Crippen molar-refractivity contribution in [3.63, 3.8) is 0 Å². The Kier molecular flexibility index (Phi) is 5.82. The van der Waals surface area contributed by atoms with Crippen LogP contribution in [0.3, 0.4) is 0 Å². The fraction of sp³-hybridized carbons (Fsp3) is 0.917. The van der Waals surface area contributed by atoms with Crippen LogP contribution >= 0.6 is 0 Å². The van der Waals surface area contributed by atoms with Gasteiger partial charge in [0.1, 0.15) is 0 Å². The Morgan fingerprint density at radius 1 is 0.633 bits per heavy atom. The minimum atomic E-state index is -0.0665. The van der Waals surface area contributed by atoms with Gasteiger partial charge in [0.15, 0.2) is 0 Å². The maximum Gasteiger partial charge on any atom is 0.308 e. The summed E-state index contributed by atoms with van der Waals surface area (Å²) in [5, 5.41) is 0. The number of rotatable bonds is 6. The predicted octanol–water partition coefficient (Wildman–Crippen LogP) is 3.80. The molecule has 5 fully saturated rings. The van der Waals surface area contributed by atoms with Crippen molar-refractivity contribution >= 4 is 11.9 Å². The van der Waals surface area contributed by atoms with Crippen LogP contribution in [0.15, 0.2) is 0 Å². The molecule has 0 aromatic rings. The number of ether oxygens (including phenoxy) is 4. The highest BCUT2D eigenvalue weighted by Crippen LogP contribution is 2.44. The molecule has 0 N–H and O–H groups in total. The molecule has 2 heterocycles. The molecule has 3 saturated carbocycles. The molecule has 6 heteroatoms. The van der Waals surface area contributed by atoms with Gasteiger partial charge in [-0.1, -0.05) is 0 Å². The van der Waals surface area contributed by atoms with Crippen LogP contribution in [0.4, 0.5) is 0 Å². The summed E-state index contributed by atoms with van der Waals surface area (Å²) >= 11 is 0. The van der Waals surface area contributed by atoms with E-state index in [0.717, 1.165) is 90.3 Å². The summed E-state index contributed by atoms with van der Waals surface area (Å²) in [5.41, 5.74) is 0.385. The van der Waals surface area contributed by atoms with Crippen LogP contribution in [-0.4, -0.2) is 49.6 Å². The summed E-state index contributed by atoms with van der Waals surface area (Å²) in [6.07, 6.45) is 11.8. The molecule has 168 valence electrons. The molecule has 0 aromatic carbocycles. The maximum absolute atomic E-state index is 12.5. The van der Waals surface area contributed by atoms with E-state index in [2.05, 4.69) is 0 Å². The van der Waals surface area contributed by atoms with E-state index in [4.69, 9.17) is 18.9 Å². The third-order valence-corrected chi connectivity index (χ3v) is 8.45. The number of esters is 2. The van der Waals surface area contributed by atoms with Crippen molar-refractivity contribution < 1.29 is 28.5 Å². The summed E-state index contributed by atoms with van der Waals surface area (Å²) in [5.74, 6) is 0.728. The van der Waals surface area contributed by atoms with Gasteiger partial charge >= 0.3 is 11.9 Å². The van der Waals surface area contributed by atoms with Gasteiger partial charge < -0.3 is 18.9 Å². The average molecular weight is 421 g/mol. The molecule has 6 nitrogen and oxygen atoms in total. The number of carbonyl (C=O) groups excluding carboxylic acids is 2. The molecular weight excluding hydrogens is 384 g/mol. The maximum atomic E-state index is 12.5. The Labute approximate surface area is 179 Å². The Hall–Kier alpha value is -1.14. The number of epoxide rings is 2. The van der Waals surface area contributed by atoms with Gasteiger partial charge in [0.2, 0.25) is 0 Å². The van der Waals surface area contributed by atoms with Crippen molar-refractivity contribution in [1.29, 1.82) is 0 Å². The highest BCUT2D eigenvalue weighted by atomic mass is 16.6. The Balaban J connectivity index is 0.961. The first-order valence-corrected chi connectivity index (χ1v) is 12.2. The molecule has 0 aromatic heterocycles. The van der Waals surface area contributed by atoms with Gasteiger partial charge in [0.25, 0.3) is 0 Å². The van der Waals surface area contributed by atoms with Crippen molar-refractivity contribution in [1.82, 2.24) is 0 Å². The van der Waals surface area contributed by atoms with Crippen molar-refractivity contribution in [3.8, 4) is 0 Å². The van der Waals surface area contributed by atoms with E-state index in [9.17, 15) is 9.59 Å². The van der Waals surface area contributed by atoms with Gasteiger partial charge in [-0.15, -0.1) is 0 Å². The van der Waals surface area contributed by atoms with E-state index in [0.29, 0.717) is 25.0 Å². The first-order valence-electron chi connectivity index (χ1n) is 12.2. The number of hydrogen-bond donors (Lipinski definition) is 0. The molecule has 0 radical (unpaired) electrons. The smallest absolute Gasteiger partial charge is 0.308 e. The Bertz CT molecular complexity index is 568. The average Bonchev–Trinajstić information content (AvgIpc) is 3.72. The minimum absolute atomic E-state index is 0.0520. The number of carbonyl (C=O) groups is 2. The number of hydrogen-bond acceptors (Lipinski definition) is 6. The lowest BCUT2D eigenvalue weighted by atomic mass is 9.81. The normalized spacial score (nSPS) is 42.7. The first-order chi connectivity index (χ1) is 14.5. The van der Waals surface area contributed by atoms with Crippen molar-refractivity contribution in [2.45, 2.75) is 88.3 Å². The zero-order valence-corrected chi connectivity index (χ0v) is 18.1. The van der Waals surface area contributed by atoms with Crippen molar-refractivity contribution in [3.05, 3.63) is 0 Å². The Morgan fingerprint density at radius 2 is 0.967 bits per heavy atom. The quantitative estimate of drug-likeness (QED) is 0.480. The molecular formula is C24H36O6. The minimum Gasteiger partial charge on any atom is -0.465 e. The molecule has 0 unspecified atom stereocenters. The van der Waals surface area contributed by atoms with Gasteiger partial charge in [-0.25, -0.2) is 0 Å². The zero-order chi connectivity index (χ0) is 20.6. The van der Waals surface area contributed by atoms with Gasteiger partial charge in [-0.2, -0.15) is 0 Å². The second kappa shape index (κ2) is 8.42. The van der Waals surface area contributed by atoms with Gasteiger partial charge in [0.05, 0.1) is 49.5 Å². The molecule has 2 aliphatic heterocycles. The third-order valence-electron chi connectivity index (χ3n) is 8.45. The van der Waals surface area contributed by atoms with Crippen LogP contribution in [0.1, 0.15) is 77.0 Å². The second-order valence-corrected chi connectivity index (χ2v) is 10.6. The summed E-state index contributed by atoms with van der Waals surface area (Å²) in [7, 11) is 0. The van der Waals surface area contributed by atoms with Crippen LogP contribution < -0.4 is 0 Å². The van der Waals surface area contributed by atoms with E-state index in [1.807, 2.05) is 0 Å². The fourth-order valence-corrected chi connectivity index (χ4v) is 5.72. The molecule has 2 spiro atoms. The molecule has 0 amide bonds. The lowest BCUT2D eigenvalue weighted by molar-refractivity contribution is -0.157. The van der Waals surface area contributed by atoms with Crippen molar-refractivity contribution in [2.24, 2.45) is 23.7 Å². The fourth-order valence-electron chi connectivity index (χ4n) is 5.72. The predicted molar refractivity (Wildman–Crippen MR) is 109 cm³/mol. The molecule has 0 bridgehead atoms. The molecule has 2 saturated heterocycles. The zero-order valence-electron chi connectivity index (χ0n) is 18.1. The van der Waals surface area contributed by atoms with Crippen molar-refractivity contribution in [2.75, 3.05) is 26.4 Å². The first kappa shape index (κ1) is 20.7. The summed E-state index contributed by atoms with van der Waals surface area (Å²) in [4.78, 5) is 24.9. The lowest BCUT2D eigenvalue weighted by Gasteiger charge is -2.29. The lowest BCUT2D eigenvalue weighted by Crippen LogP contribution is -2.31. The molecule has 3 aliphatic carbocycles. The van der Waals surface area contributed by atoms with Crippen LogP contribution in [0.25, 0.3) is 0 Å². The summed E-state index contributed by atoms with van der Waals surface area (Å²) < 4.78 is 22.4. The van der Waals surface area contributed by atoms with Gasteiger partial charge in [-0.05, 0) is 88.9 Å². The summed E-state index contributed by atoms with van der Waals surface area (Å²) in [6.45, 7) is 2.93. The van der Waals surface area contributed by atoms with Crippen LogP contribution in [0.2, 0.25) is 0 Å². The summed E-state index contributed by atoms with van der Waals surface area (Å²) in [6, 6.07) is 0. The highest BCUT2D eigenvalue weighted by molar-refractivity contribution is 5.75. The highest BCUT2D eigenvalue weighted by Gasteiger charge is 2.48. The van der Waals surface area contributed by atoms with E-state index < -0.39 is 0 Å². The second-order valence-electron chi connectivity index (χ2n) is 10.6. The molecule has 0 atom stereocenters. The molecule has 5 aliphatic rings. The van der Waals surface area contributed by atoms with Gasteiger partial charge in [-0.3, -0.25) is 9.59 Å². The Morgan fingerprint density at radius 3 is 1.27 bits per heavy atom. The molecule has 30 heavy (non-hydrogen) atoms. The standard InChI is InChI=1S/C24H36O6/c25-21(27-13-17-5-9-23(10-6-17)15-29-23)19-1-2-20(4-3-19)22(26)28-14-18-7-11-24(12-8-18)16-30-24/h17-20H,1-16H2.